The predicted molar refractivity (Wildman–Crippen MR) is 110 cm³/mol. The maximum atomic E-state index is 5.71. The third kappa shape index (κ3) is 2.65. The maximum Gasteiger partial charge on any atom is 0.180 e. The van der Waals surface area contributed by atoms with E-state index >= 15 is 0 Å². The Kier molecular flexibility index (Phi) is 3.91. The van der Waals surface area contributed by atoms with Gasteiger partial charge in [-0.3, -0.25) is 4.98 Å². The van der Waals surface area contributed by atoms with Crippen LogP contribution in [-0.4, -0.2) is 27.0 Å². The molecule has 0 radical (unpaired) electrons. The Labute approximate surface area is 161 Å². The molecule has 0 unspecified atom stereocenters. The molecule has 0 bridgehead atoms. The Morgan fingerprint density at radius 1 is 0.786 bits per heavy atom. The van der Waals surface area contributed by atoms with Gasteiger partial charge in [0.15, 0.2) is 5.82 Å². The number of rotatable bonds is 3. The average Bonchev–Trinajstić information content (AvgIpc) is 2.78. The Bertz CT molecular complexity index is 1300. The number of methoxy groups -OCH3 is 1. The summed E-state index contributed by atoms with van der Waals surface area (Å²) in [7, 11) is 1.68. The molecule has 0 N–H and O–H groups in total. The van der Waals surface area contributed by atoms with Crippen molar-refractivity contribution in [2.24, 2.45) is 0 Å². The molecule has 0 amide bonds. The van der Waals surface area contributed by atoms with Crippen molar-refractivity contribution in [2.75, 3.05) is 7.11 Å². The molecule has 0 fully saturated rings. The first-order valence-corrected chi connectivity index (χ1v) is 8.94. The topological polar surface area (TPSA) is 60.8 Å². The Balaban J connectivity index is 1.91. The van der Waals surface area contributed by atoms with Crippen LogP contribution < -0.4 is 4.74 Å². The first-order valence-electron chi connectivity index (χ1n) is 8.94. The summed E-state index contributed by atoms with van der Waals surface area (Å²) >= 11 is 0. The van der Waals surface area contributed by atoms with E-state index in [-0.39, 0.29) is 0 Å². The number of aromatic nitrogens is 4. The summed E-state index contributed by atoms with van der Waals surface area (Å²) in [6.07, 6.45) is 4.96. The molecule has 2 aromatic heterocycles. The number of para-hydroxylation sites is 1. The van der Waals surface area contributed by atoms with Gasteiger partial charge in [-0.2, -0.15) is 0 Å². The van der Waals surface area contributed by atoms with Crippen molar-refractivity contribution < 1.29 is 4.74 Å². The smallest absolute Gasteiger partial charge is 0.180 e. The zero-order valence-electron chi connectivity index (χ0n) is 15.2. The minimum Gasteiger partial charge on any atom is -0.496 e. The number of nitrogens with zero attached hydrogens (tertiary/aromatic N) is 4. The molecule has 134 valence electrons. The maximum absolute atomic E-state index is 5.71. The number of benzene rings is 3. The van der Waals surface area contributed by atoms with Gasteiger partial charge in [-0.25, -0.2) is 15.0 Å². The highest BCUT2D eigenvalue weighted by Gasteiger charge is 2.18. The second kappa shape index (κ2) is 6.70. The second-order valence-corrected chi connectivity index (χ2v) is 6.37. The van der Waals surface area contributed by atoms with E-state index in [9.17, 15) is 0 Å². The van der Waals surface area contributed by atoms with E-state index in [1.807, 2.05) is 42.5 Å². The standard InChI is InChI=1S/C23H16N4O/c1-28-20-11-10-15-6-2-3-7-16(15)21(20)22-17-8-4-5-9-18(17)26-23(27-22)19-14-24-12-13-25-19/h2-14H,1H3. The average molecular weight is 364 g/mol. The van der Waals surface area contributed by atoms with E-state index < -0.39 is 0 Å². The van der Waals surface area contributed by atoms with Crippen LogP contribution in [0.5, 0.6) is 5.75 Å². The van der Waals surface area contributed by atoms with Crippen LogP contribution in [0, 0.1) is 0 Å². The largest absolute Gasteiger partial charge is 0.496 e. The van der Waals surface area contributed by atoms with E-state index in [0.29, 0.717) is 11.5 Å². The molecule has 0 saturated heterocycles. The molecule has 0 aliphatic heterocycles. The molecule has 5 aromatic rings. The van der Waals surface area contributed by atoms with E-state index in [1.54, 1.807) is 25.7 Å². The highest BCUT2D eigenvalue weighted by Crippen LogP contribution is 2.39. The number of hydrogen-bond donors (Lipinski definition) is 0. The SMILES string of the molecule is COc1ccc2ccccc2c1-c1nc(-c2cnccn2)nc2ccccc12. The minimum atomic E-state index is 0.539. The van der Waals surface area contributed by atoms with Crippen molar-refractivity contribution in [2.45, 2.75) is 0 Å². The van der Waals surface area contributed by atoms with Gasteiger partial charge in [0.25, 0.3) is 0 Å². The number of ether oxygens (including phenoxy) is 1. The normalized spacial score (nSPS) is 11.0. The molecule has 5 rings (SSSR count). The van der Waals surface area contributed by atoms with Crippen LogP contribution in [0.25, 0.3) is 44.5 Å². The van der Waals surface area contributed by atoms with Crippen molar-refractivity contribution in [3.05, 3.63) is 79.3 Å². The number of fused-ring (bicyclic) bond motifs is 2. The van der Waals surface area contributed by atoms with Crippen molar-refractivity contribution in [1.82, 2.24) is 19.9 Å². The summed E-state index contributed by atoms with van der Waals surface area (Å²) in [6.45, 7) is 0. The third-order valence-electron chi connectivity index (χ3n) is 4.74. The molecular formula is C23H16N4O. The van der Waals surface area contributed by atoms with Crippen LogP contribution in [0.4, 0.5) is 0 Å². The summed E-state index contributed by atoms with van der Waals surface area (Å²) in [5, 5.41) is 3.17. The van der Waals surface area contributed by atoms with Gasteiger partial charge in [0.05, 0.1) is 30.1 Å². The highest BCUT2D eigenvalue weighted by molar-refractivity contribution is 6.05. The first-order chi connectivity index (χ1) is 13.8. The zero-order valence-corrected chi connectivity index (χ0v) is 15.2. The molecule has 0 aliphatic carbocycles. The van der Waals surface area contributed by atoms with E-state index in [2.05, 4.69) is 28.2 Å². The van der Waals surface area contributed by atoms with Crippen molar-refractivity contribution in [1.29, 1.82) is 0 Å². The first kappa shape index (κ1) is 16.3. The van der Waals surface area contributed by atoms with Gasteiger partial charge >= 0.3 is 0 Å². The molecule has 0 spiro atoms. The fourth-order valence-corrected chi connectivity index (χ4v) is 3.46. The van der Waals surface area contributed by atoms with Crippen LogP contribution in [0.3, 0.4) is 0 Å². The minimum absolute atomic E-state index is 0.539. The van der Waals surface area contributed by atoms with Gasteiger partial charge in [0, 0.05) is 17.8 Å². The van der Waals surface area contributed by atoms with E-state index in [0.717, 1.165) is 38.7 Å². The summed E-state index contributed by atoms with van der Waals surface area (Å²) in [5.41, 5.74) is 3.25. The van der Waals surface area contributed by atoms with Gasteiger partial charge in [-0.1, -0.05) is 48.5 Å². The molecule has 3 aromatic carbocycles. The molecule has 5 heteroatoms. The molecule has 28 heavy (non-hydrogen) atoms. The monoisotopic (exact) mass is 364 g/mol. The fourth-order valence-electron chi connectivity index (χ4n) is 3.46. The van der Waals surface area contributed by atoms with Crippen molar-refractivity contribution in [3.63, 3.8) is 0 Å². The third-order valence-corrected chi connectivity index (χ3v) is 4.74. The summed E-state index contributed by atoms with van der Waals surface area (Å²) in [4.78, 5) is 18.2. The van der Waals surface area contributed by atoms with Crippen LogP contribution in [-0.2, 0) is 0 Å². The predicted octanol–water partition coefficient (Wildman–Crippen LogP) is 4.92. The zero-order chi connectivity index (χ0) is 18.9. The van der Waals surface area contributed by atoms with Gasteiger partial charge in [0.2, 0.25) is 0 Å². The molecule has 0 atom stereocenters. The van der Waals surface area contributed by atoms with Crippen molar-refractivity contribution >= 4 is 21.7 Å². The van der Waals surface area contributed by atoms with E-state index in [1.165, 1.54) is 0 Å². The lowest BCUT2D eigenvalue weighted by Crippen LogP contribution is -1.99. The van der Waals surface area contributed by atoms with Gasteiger partial charge in [0.1, 0.15) is 11.4 Å². The molecule has 0 aliphatic rings. The van der Waals surface area contributed by atoms with Gasteiger partial charge < -0.3 is 4.74 Å². The Hall–Kier alpha value is -3.86. The summed E-state index contributed by atoms with van der Waals surface area (Å²) in [6, 6.07) is 20.3. The highest BCUT2D eigenvalue weighted by atomic mass is 16.5. The van der Waals surface area contributed by atoms with Crippen LogP contribution in [0.1, 0.15) is 0 Å². The molecule has 2 heterocycles. The molecule has 0 saturated carbocycles. The summed E-state index contributed by atoms with van der Waals surface area (Å²) in [5.74, 6) is 1.31. The fraction of sp³-hybridized carbons (Fsp3) is 0.0435. The Morgan fingerprint density at radius 3 is 2.43 bits per heavy atom. The number of hydrogen-bond acceptors (Lipinski definition) is 5. The van der Waals surface area contributed by atoms with Gasteiger partial charge in [-0.05, 0) is 22.9 Å². The lowest BCUT2D eigenvalue weighted by molar-refractivity contribution is 0.417. The van der Waals surface area contributed by atoms with Crippen molar-refractivity contribution in [3.8, 4) is 28.5 Å². The lowest BCUT2D eigenvalue weighted by atomic mass is 9.98. The molecular weight excluding hydrogens is 348 g/mol. The van der Waals surface area contributed by atoms with Crippen LogP contribution >= 0.6 is 0 Å². The second-order valence-electron chi connectivity index (χ2n) is 6.37. The van der Waals surface area contributed by atoms with E-state index in [4.69, 9.17) is 14.7 Å². The lowest BCUT2D eigenvalue weighted by Gasteiger charge is -2.14. The van der Waals surface area contributed by atoms with Crippen LogP contribution in [0.15, 0.2) is 79.3 Å². The van der Waals surface area contributed by atoms with Gasteiger partial charge in [-0.15, -0.1) is 0 Å². The Morgan fingerprint density at radius 2 is 1.61 bits per heavy atom. The summed E-state index contributed by atoms with van der Waals surface area (Å²) < 4.78 is 5.71. The van der Waals surface area contributed by atoms with Crippen LogP contribution in [0.2, 0.25) is 0 Å². The quantitative estimate of drug-likeness (QED) is 0.455. The molecule has 5 nitrogen and oxygen atoms in total.